The second-order valence-electron chi connectivity index (χ2n) is 5.98. The maximum atomic E-state index is 11.4. The highest BCUT2D eigenvalue weighted by Crippen LogP contribution is 2.53. The highest BCUT2D eigenvalue weighted by Gasteiger charge is 2.43. The topological polar surface area (TPSA) is 26.3 Å². The molecule has 0 radical (unpaired) electrons. The molecule has 2 aliphatic carbocycles. The number of carbonyl (C=O) groups excluding carboxylic acids is 1. The molecule has 0 bridgehead atoms. The van der Waals surface area contributed by atoms with E-state index in [-0.39, 0.29) is 5.97 Å². The summed E-state index contributed by atoms with van der Waals surface area (Å²) < 4.78 is 5.61. The lowest BCUT2D eigenvalue weighted by atomic mass is 9.92. The molecule has 0 aromatic heterocycles. The molecule has 1 aromatic rings. The van der Waals surface area contributed by atoms with E-state index in [2.05, 4.69) is 24.3 Å². The standard InChI is InChI=1S/C18H22O2/c1-13(19)20-18(15-10-6-3-7-11-15)17-12-16(17)14-8-4-2-5-9-14/h2,4-5,8-9,16-17H,3,6-7,10-12H2,1H3. The molecule has 2 nitrogen and oxygen atoms in total. The second-order valence-corrected chi connectivity index (χ2v) is 5.98. The number of allylic oxidation sites excluding steroid dienone is 2. The van der Waals surface area contributed by atoms with Gasteiger partial charge in [-0.15, -0.1) is 0 Å². The number of esters is 1. The summed E-state index contributed by atoms with van der Waals surface area (Å²) in [6, 6.07) is 10.6. The summed E-state index contributed by atoms with van der Waals surface area (Å²) in [5.41, 5.74) is 2.77. The Kier molecular flexibility index (Phi) is 3.90. The molecular weight excluding hydrogens is 248 g/mol. The largest absolute Gasteiger partial charge is 0.431 e. The fourth-order valence-corrected chi connectivity index (χ4v) is 3.34. The van der Waals surface area contributed by atoms with Crippen molar-refractivity contribution < 1.29 is 9.53 Å². The Bertz CT molecular complexity index is 507. The van der Waals surface area contributed by atoms with Gasteiger partial charge in [-0.1, -0.05) is 36.8 Å². The van der Waals surface area contributed by atoms with E-state index >= 15 is 0 Å². The van der Waals surface area contributed by atoms with Crippen LogP contribution in [0.25, 0.3) is 0 Å². The third-order valence-electron chi connectivity index (χ3n) is 4.41. The van der Waals surface area contributed by atoms with Crippen LogP contribution in [0.3, 0.4) is 0 Å². The van der Waals surface area contributed by atoms with Gasteiger partial charge < -0.3 is 4.74 Å². The summed E-state index contributed by atoms with van der Waals surface area (Å²) in [6.07, 6.45) is 7.13. The van der Waals surface area contributed by atoms with Crippen molar-refractivity contribution in [3.8, 4) is 0 Å². The SMILES string of the molecule is CC(=O)OC(=C1CCCCC1)C1CC1c1ccccc1. The fraction of sp³-hybridized carbons (Fsp3) is 0.500. The molecule has 2 fully saturated rings. The fourth-order valence-electron chi connectivity index (χ4n) is 3.34. The molecule has 0 saturated heterocycles. The molecule has 0 aliphatic heterocycles. The zero-order valence-corrected chi connectivity index (χ0v) is 12.1. The molecule has 106 valence electrons. The van der Waals surface area contributed by atoms with Gasteiger partial charge >= 0.3 is 5.97 Å². The minimum atomic E-state index is -0.170. The molecule has 2 saturated carbocycles. The zero-order chi connectivity index (χ0) is 13.9. The second kappa shape index (κ2) is 5.82. The maximum Gasteiger partial charge on any atom is 0.307 e. The number of hydrogen-bond acceptors (Lipinski definition) is 2. The van der Waals surface area contributed by atoms with Crippen LogP contribution in [-0.2, 0) is 9.53 Å². The van der Waals surface area contributed by atoms with Gasteiger partial charge in [0, 0.05) is 12.8 Å². The van der Waals surface area contributed by atoms with E-state index in [1.165, 1.54) is 37.3 Å². The van der Waals surface area contributed by atoms with Gasteiger partial charge in [0.25, 0.3) is 0 Å². The molecule has 3 rings (SSSR count). The molecule has 0 N–H and O–H groups in total. The van der Waals surface area contributed by atoms with Crippen LogP contribution in [0, 0.1) is 5.92 Å². The van der Waals surface area contributed by atoms with Gasteiger partial charge in [-0.05, 0) is 49.2 Å². The van der Waals surface area contributed by atoms with E-state index in [9.17, 15) is 4.79 Å². The molecule has 2 heteroatoms. The summed E-state index contributed by atoms with van der Waals surface area (Å²) in [4.78, 5) is 11.4. The van der Waals surface area contributed by atoms with Gasteiger partial charge in [0.1, 0.15) is 5.76 Å². The summed E-state index contributed by atoms with van der Waals surface area (Å²) in [5, 5.41) is 0. The Morgan fingerprint density at radius 1 is 1.10 bits per heavy atom. The quantitative estimate of drug-likeness (QED) is 0.594. The van der Waals surface area contributed by atoms with Crippen molar-refractivity contribution in [3.05, 3.63) is 47.2 Å². The van der Waals surface area contributed by atoms with Crippen molar-refractivity contribution in [1.29, 1.82) is 0 Å². The third kappa shape index (κ3) is 2.95. The van der Waals surface area contributed by atoms with Crippen molar-refractivity contribution in [2.45, 2.75) is 51.4 Å². The predicted molar refractivity (Wildman–Crippen MR) is 79.2 cm³/mol. The molecule has 0 spiro atoms. The van der Waals surface area contributed by atoms with E-state index in [4.69, 9.17) is 4.74 Å². The van der Waals surface area contributed by atoms with Crippen LogP contribution in [0.5, 0.6) is 0 Å². The number of hydrogen-bond donors (Lipinski definition) is 0. The van der Waals surface area contributed by atoms with E-state index in [1.807, 2.05) is 6.07 Å². The highest BCUT2D eigenvalue weighted by atomic mass is 16.5. The number of rotatable bonds is 3. The van der Waals surface area contributed by atoms with Crippen LogP contribution >= 0.6 is 0 Å². The summed E-state index contributed by atoms with van der Waals surface area (Å²) in [7, 11) is 0. The van der Waals surface area contributed by atoms with E-state index < -0.39 is 0 Å². The zero-order valence-electron chi connectivity index (χ0n) is 12.1. The average Bonchev–Trinajstić information content (AvgIpc) is 3.27. The monoisotopic (exact) mass is 270 g/mol. The predicted octanol–water partition coefficient (Wildman–Crippen LogP) is 4.57. The Morgan fingerprint density at radius 3 is 2.45 bits per heavy atom. The van der Waals surface area contributed by atoms with Crippen LogP contribution in [-0.4, -0.2) is 5.97 Å². The number of carbonyl (C=O) groups is 1. The smallest absolute Gasteiger partial charge is 0.307 e. The Labute approximate surface area is 120 Å². The first-order chi connectivity index (χ1) is 9.75. The van der Waals surface area contributed by atoms with Crippen molar-refractivity contribution in [1.82, 2.24) is 0 Å². The summed E-state index contributed by atoms with van der Waals surface area (Å²) in [6.45, 7) is 1.52. The van der Waals surface area contributed by atoms with Crippen LogP contribution in [0.2, 0.25) is 0 Å². The molecule has 0 amide bonds. The normalized spacial score (nSPS) is 25.1. The minimum absolute atomic E-state index is 0.170. The molecule has 2 unspecified atom stereocenters. The lowest BCUT2D eigenvalue weighted by Gasteiger charge is -2.19. The Hall–Kier alpha value is -1.57. The first kappa shape index (κ1) is 13.4. The van der Waals surface area contributed by atoms with Crippen molar-refractivity contribution in [2.75, 3.05) is 0 Å². The first-order valence-corrected chi connectivity index (χ1v) is 7.71. The van der Waals surface area contributed by atoms with E-state index in [1.54, 1.807) is 0 Å². The molecule has 0 heterocycles. The van der Waals surface area contributed by atoms with Crippen LogP contribution in [0.15, 0.2) is 41.7 Å². The van der Waals surface area contributed by atoms with Crippen LogP contribution < -0.4 is 0 Å². The molecule has 2 atom stereocenters. The van der Waals surface area contributed by atoms with Crippen molar-refractivity contribution in [2.24, 2.45) is 5.92 Å². The van der Waals surface area contributed by atoms with Gasteiger partial charge in [-0.3, -0.25) is 4.79 Å². The first-order valence-electron chi connectivity index (χ1n) is 7.71. The summed E-state index contributed by atoms with van der Waals surface area (Å²) >= 11 is 0. The minimum Gasteiger partial charge on any atom is -0.431 e. The third-order valence-corrected chi connectivity index (χ3v) is 4.41. The van der Waals surface area contributed by atoms with Gasteiger partial charge in [-0.25, -0.2) is 0 Å². The van der Waals surface area contributed by atoms with Gasteiger partial charge in [0.2, 0.25) is 0 Å². The number of ether oxygens (including phenoxy) is 1. The van der Waals surface area contributed by atoms with Gasteiger partial charge in [0.05, 0.1) is 0 Å². The molecular formula is C18H22O2. The van der Waals surface area contributed by atoms with Crippen molar-refractivity contribution in [3.63, 3.8) is 0 Å². The Balaban J connectivity index is 1.79. The number of benzene rings is 1. The summed E-state index contributed by atoms with van der Waals surface area (Å²) in [5.74, 6) is 1.80. The van der Waals surface area contributed by atoms with E-state index in [0.717, 1.165) is 25.0 Å². The van der Waals surface area contributed by atoms with Crippen molar-refractivity contribution >= 4 is 5.97 Å². The Morgan fingerprint density at radius 2 is 1.80 bits per heavy atom. The van der Waals surface area contributed by atoms with Crippen LogP contribution in [0.4, 0.5) is 0 Å². The van der Waals surface area contributed by atoms with Gasteiger partial charge in [-0.2, -0.15) is 0 Å². The lowest BCUT2D eigenvalue weighted by molar-refractivity contribution is -0.137. The molecule has 2 aliphatic rings. The average molecular weight is 270 g/mol. The lowest BCUT2D eigenvalue weighted by Crippen LogP contribution is -2.08. The molecule has 20 heavy (non-hydrogen) atoms. The molecule has 1 aromatic carbocycles. The van der Waals surface area contributed by atoms with Gasteiger partial charge in [0.15, 0.2) is 0 Å². The van der Waals surface area contributed by atoms with E-state index in [0.29, 0.717) is 11.8 Å². The maximum absolute atomic E-state index is 11.4. The highest BCUT2D eigenvalue weighted by molar-refractivity contribution is 5.67. The van der Waals surface area contributed by atoms with Crippen LogP contribution in [0.1, 0.15) is 56.9 Å².